The maximum absolute atomic E-state index is 12.7. The maximum atomic E-state index is 12.7. The number of halogens is 1. The molecule has 0 spiro atoms. The van der Waals surface area contributed by atoms with Crippen molar-refractivity contribution in [2.75, 3.05) is 0 Å². The summed E-state index contributed by atoms with van der Waals surface area (Å²) in [5, 5.41) is -0.00213. The zero-order valence-electron chi connectivity index (χ0n) is 17.2. The predicted octanol–water partition coefficient (Wildman–Crippen LogP) is 5.87. The largest absolute Gasteiger partial charge is 0.538 e. The van der Waals surface area contributed by atoms with Crippen LogP contribution in [0, 0.1) is 5.41 Å². The van der Waals surface area contributed by atoms with Gasteiger partial charge in [-0.05, 0) is 52.6 Å². The normalized spacial score (nSPS) is 14.7. The molecule has 0 aliphatic carbocycles. The fourth-order valence-corrected chi connectivity index (χ4v) is 4.78. The molecule has 144 valence electrons. The van der Waals surface area contributed by atoms with Gasteiger partial charge in [-0.1, -0.05) is 41.5 Å². The van der Waals surface area contributed by atoms with Crippen molar-refractivity contribution in [3.63, 3.8) is 0 Å². The summed E-state index contributed by atoms with van der Waals surface area (Å²) in [4.78, 5) is 12.7. The molecule has 1 unspecified atom stereocenters. The third kappa shape index (κ3) is 5.80. The van der Waals surface area contributed by atoms with Crippen molar-refractivity contribution in [3.8, 4) is 5.75 Å². The van der Waals surface area contributed by atoms with Crippen LogP contribution in [0.5, 0.6) is 5.75 Å². The second-order valence-corrected chi connectivity index (χ2v) is 17.2. The first-order chi connectivity index (χ1) is 11.1. The fraction of sp³-hybridized carbons (Fsp3) is 0.722. The van der Waals surface area contributed by atoms with Crippen LogP contribution < -0.4 is 9.85 Å². The van der Waals surface area contributed by atoms with E-state index in [2.05, 4.69) is 83.7 Å². The summed E-state index contributed by atoms with van der Waals surface area (Å²) in [7, 11) is -3.43. The molecule has 1 atom stereocenters. The third-order valence-corrected chi connectivity index (χ3v) is 10.2. The van der Waals surface area contributed by atoms with Crippen LogP contribution in [0.3, 0.4) is 0 Å². The van der Waals surface area contributed by atoms with Crippen molar-refractivity contribution in [1.82, 2.24) is 0 Å². The van der Waals surface area contributed by atoms with E-state index in [9.17, 15) is 4.79 Å². The van der Waals surface area contributed by atoms with Crippen molar-refractivity contribution in [2.24, 2.45) is 5.41 Å². The summed E-state index contributed by atoms with van der Waals surface area (Å²) in [6.07, 6.45) is -0.259. The van der Waals surface area contributed by atoms with Crippen molar-refractivity contribution in [2.45, 2.75) is 78.9 Å². The Morgan fingerprint density at radius 1 is 1.16 bits per heavy atom. The van der Waals surface area contributed by atoms with Gasteiger partial charge in [0.15, 0.2) is 9.04 Å². The molecule has 0 aliphatic heterocycles. The van der Waals surface area contributed by atoms with Gasteiger partial charge in [0.05, 0.1) is 0 Å². The molecular weight excluding hydrogens is 416 g/mol. The minimum absolute atomic E-state index is 0.00213. The summed E-state index contributed by atoms with van der Waals surface area (Å²) < 4.78 is 18.6. The van der Waals surface area contributed by atoms with Crippen LogP contribution in [0.2, 0.25) is 31.2 Å². The Hall–Kier alpha value is -0.376. The molecule has 0 radical (unpaired) electrons. The van der Waals surface area contributed by atoms with Crippen molar-refractivity contribution >= 4 is 33.3 Å². The summed E-state index contributed by atoms with van der Waals surface area (Å²) in [6, 6.07) is 1.53. The second kappa shape index (κ2) is 7.70. The smallest absolute Gasteiger partial charge is 0.250 e. The molecule has 7 heteroatoms. The molecule has 0 amide bonds. The van der Waals surface area contributed by atoms with Crippen LogP contribution in [0.15, 0.2) is 19.9 Å². The van der Waals surface area contributed by atoms with Gasteiger partial charge >= 0.3 is 0 Å². The van der Waals surface area contributed by atoms with E-state index < -0.39 is 17.4 Å². The highest BCUT2D eigenvalue weighted by atomic mass is 79.9. The molecule has 1 heterocycles. The van der Waals surface area contributed by atoms with E-state index in [0.717, 1.165) is 0 Å². The maximum Gasteiger partial charge on any atom is 0.250 e. The topological polar surface area (TPSA) is 48.7 Å². The van der Waals surface area contributed by atoms with Gasteiger partial charge < -0.3 is 13.3 Å². The van der Waals surface area contributed by atoms with E-state index in [1.807, 2.05) is 0 Å². The summed E-state index contributed by atoms with van der Waals surface area (Å²) in [6.45, 7) is 21.1. The standard InChI is InChI=1S/C18H33BrO4Si2/c1-17(2,3)15(22-24(7)8)13-11-12(20)14(16(19)21-13)23-25(9,10)18(4,5)6/h11,15,24H,1-10H3. The first-order valence-electron chi connectivity index (χ1n) is 8.74. The summed E-state index contributed by atoms with van der Waals surface area (Å²) in [5.74, 6) is 0.818. The van der Waals surface area contributed by atoms with Crippen LogP contribution in [0.25, 0.3) is 0 Å². The van der Waals surface area contributed by atoms with E-state index in [1.54, 1.807) is 0 Å². The molecule has 1 rings (SSSR count). The van der Waals surface area contributed by atoms with E-state index in [1.165, 1.54) is 6.07 Å². The van der Waals surface area contributed by atoms with Crippen LogP contribution in [-0.4, -0.2) is 17.4 Å². The Morgan fingerprint density at radius 2 is 1.68 bits per heavy atom. The van der Waals surface area contributed by atoms with Gasteiger partial charge in [-0.25, -0.2) is 0 Å². The van der Waals surface area contributed by atoms with E-state index in [-0.39, 0.29) is 27.7 Å². The molecule has 4 nitrogen and oxygen atoms in total. The van der Waals surface area contributed by atoms with Gasteiger partial charge in [0.2, 0.25) is 15.8 Å². The molecule has 1 aromatic rings. The molecule has 0 fully saturated rings. The van der Waals surface area contributed by atoms with Gasteiger partial charge in [-0.15, -0.1) is 0 Å². The lowest BCUT2D eigenvalue weighted by Gasteiger charge is -2.36. The SMILES string of the molecule is C[SiH](C)OC(c1cc(=O)c(O[Si](C)(C)C(C)(C)C)c(Br)o1)C(C)(C)C. The highest BCUT2D eigenvalue weighted by Crippen LogP contribution is 2.41. The monoisotopic (exact) mass is 448 g/mol. The Bertz CT molecular complexity index is 655. The third-order valence-electron chi connectivity index (χ3n) is 4.50. The fourth-order valence-electron chi connectivity index (χ4n) is 2.07. The average Bonchev–Trinajstić information content (AvgIpc) is 2.37. The molecule has 0 saturated heterocycles. The van der Waals surface area contributed by atoms with Crippen molar-refractivity contribution < 1.29 is 13.3 Å². The van der Waals surface area contributed by atoms with Crippen molar-refractivity contribution in [1.29, 1.82) is 0 Å². The first-order valence-corrected chi connectivity index (χ1v) is 15.2. The number of rotatable bonds is 5. The molecule has 0 aromatic carbocycles. The lowest BCUT2D eigenvalue weighted by atomic mass is 9.87. The van der Waals surface area contributed by atoms with Gasteiger partial charge in [0.25, 0.3) is 8.32 Å². The number of hydrogen-bond acceptors (Lipinski definition) is 4. The van der Waals surface area contributed by atoms with Gasteiger partial charge in [-0.2, -0.15) is 0 Å². The Balaban J connectivity index is 3.33. The molecular formula is C18H33BrO4Si2. The lowest BCUT2D eigenvalue weighted by Crippen LogP contribution is -2.45. The average molecular weight is 450 g/mol. The molecule has 0 aliphatic rings. The molecule has 1 aromatic heterocycles. The van der Waals surface area contributed by atoms with Gasteiger partial charge in [0, 0.05) is 6.07 Å². The lowest BCUT2D eigenvalue weighted by molar-refractivity contribution is 0.0630. The van der Waals surface area contributed by atoms with E-state index in [4.69, 9.17) is 13.3 Å². The minimum Gasteiger partial charge on any atom is -0.538 e. The molecule has 25 heavy (non-hydrogen) atoms. The predicted molar refractivity (Wildman–Crippen MR) is 113 cm³/mol. The zero-order chi connectivity index (χ0) is 19.8. The molecule has 0 saturated carbocycles. The minimum atomic E-state index is -2.13. The van der Waals surface area contributed by atoms with Crippen LogP contribution >= 0.6 is 15.9 Å². The Morgan fingerprint density at radius 3 is 2.04 bits per heavy atom. The Labute approximate surface area is 163 Å². The van der Waals surface area contributed by atoms with Crippen LogP contribution in [0.1, 0.15) is 53.4 Å². The van der Waals surface area contributed by atoms with E-state index >= 15 is 0 Å². The van der Waals surface area contributed by atoms with E-state index in [0.29, 0.717) is 10.4 Å². The second-order valence-electron chi connectivity index (χ2n) is 9.41. The zero-order valence-corrected chi connectivity index (χ0v) is 21.0. The molecule has 0 N–H and O–H groups in total. The van der Waals surface area contributed by atoms with Crippen molar-refractivity contribution in [3.05, 3.63) is 26.7 Å². The summed E-state index contributed by atoms with van der Waals surface area (Å²) >= 11 is 3.40. The Kier molecular flexibility index (Phi) is 6.98. The van der Waals surface area contributed by atoms with Crippen LogP contribution in [-0.2, 0) is 4.43 Å². The van der Waals surface area contributed by atoms with Gasteiger partial charge in [0.1, 0.15) is 11.9 Å². The number of hydrogen-bond donors (Lipinski definition) is 0. The first kappa shape index (κ1) is 22.7. The highest BCUT2D eigenvalue weighted by molar-refractivity contribution is 9.10. The van der Waals surface area contributed by atoms with Crippen LogP contribution in [0.4, 0.5) is 0 Å². The quantitative estimate of drug-likeness (QED) is 0.527. The molecule has 0 bridgehead atoms. The highest BCUT2D eigenvalue weighted by Gasteiger charge is 2.40. The van der Waals surface area contributed by atoms with Gasteiger partial charge in [-0.3, -0.25) is 4.79 Å². The summed E-state index contributed by atoms with van der Waals surface area (Å²) in [5.41, 5.74) is -0.338.